The SMILES string of the molecule is O=c1nc(OCC2COCCO2)cc2n1CCc1cc(-c3cccnc3)ccc1-2.O=c1nc(OCC2COCCO2)cc2n1CCc1cc(OS(=O)(=O)C(F)(F)F)ccc1-2. The first-order chi connectivity index (χ1) is 28.9. The topological polar surface area (TPSA) is 181 Å². The number of nitrogens with zero attached hydrogens (tertiary/aromatic N) is 5. The first-order valence-corrected chi connectivity index (χ1v) is 20.4. The normalized spacial score (nSPS) is 18.4. The minimum Gasteiger partial charge on any atom is -0.475 e. The van der Waals surface area contributed by atoms with Gasteiger partial charge in [-0.3, -0.25) is 14.1 Å². The molecule has 0 radical (unpaired) electrons. The Labute approximate surface area is 340 Å². The third-order valence-corrected chi connectivity index (χ3v) is 11.0. The second kappa shape index (κ2) is 17.5. The molecule has 60 heavy (non-hydrogen) atoms. The highest BCUT2D eigenvalue weighted by Crippen LogP contribution is 2.35. The molecular formula is C40H38F3N5O11S. The van der Waals surface area contributed by atoms with Crippen LogP contribution in [-0.4, -0.2) is 103 Å². The lowest BCUT2D eigenvalue weighted by atomic mass is 9.94. The molecule has 3 aromatic heterocycles. The van der Waals surface area contributed by atoms with Crippen LogP contribution in [0.4, 0.5) is 13.2 Å². The molecule has 0 N–H and O–H groups in total. The molecule has 0 bridgehead atoms. The number of pyridine rings is 1. The Hall–Kier alpha value is -5.67. The van der Waals surface area contributed by atoms with Crippen LogP contribution in [0, 0.1) is 0 Å². The van der Waals surface area contributed by atoms with Crippen molar-refractivity contribution in [2.75, 3.05) is 52.9 Å². The molecule has 20 heteroatoms. The Morgan fingerprint density at radius 2 is 1.28 bits per heavy atom. The number of alkyl halides is 3. The number of halogens is 3. The van der Waals surface area contributed by atoms with E-state index in [-0.39, 0.29) is 43.4 Å². The third-order valence-electron chi connectivity index (χ3n) is 10.0. The summed E-state index contributed by atoms with van der Waals surface area (Å²) in [4.78, 5) is 37.1. The number of fused-ring (bicyclic) bond motifs is 6. The molecule has 2 unspecified atom stereocenters. The number of benzene rings is 2. The van der Waals surface area contributed by atoms with Crippen molar-refractivity contribution in [2.45, 2.75) is 43.6 Å². The average Bonchev–Trinajstić information content (AvgIpc) is 3.25. The van der Waals surface area contributed by atoms with E-state index in [2.05, 4.69) is 37.3 Å². The molecule has 4 aliphatic rings. The number of ether oxygens (including phenoxy) is 6. The van der Waals surface area contributed by atoms with Gasteiger partial charge in [0.2, 0.25) is 11.8 Å². The Morgan fingerprint density at radius 1 is 0.717 bits per heavy atom. The van der Waals surface area contributed by atoms with Crippen LogP contribution < -0.4 is 25.0 Å². The zero-order valence-electron chi connectivity index (χ0n) is 31.8. The van der Waals surface area contributed by atoms with E-state index in [1.54, 1.807) is 10.8 Å². The van der Waals surface area contributed by atoms with Crippen LogP contribution >= 0.6 is 0 Å². The molecule has 2 fully saturated rings. The van der Waals surface area contributed by atoms with Crippen LogP contribution in [0.25, 0.3) is 33.6 Å². The number of aryl methyl sites for hydroxylation is 2. The van der Waals surface area contributed by atoms with E-state index >= 15 is 0 Å². The highest BCUT2D eigenvalue weighted by Gasteiger charge is 2.48. The number of hydrogen-bond acceptors (Lipinski definition) is 14. The Bertz CT molecular complexity index is 2580. The molecule has 0 spiro atoms. The highest BCUT2D eigenvalue weighted by molar-refractivity contribution is 7.88. The summed E-state index contributed by atoms with van der Waals surface area (Å²) in [5.41, 5.74) is 0.395. The van der Waals surface area contributed by atoms with Gasteiger partial charge >= 0.3 is 27.0 Å². The minimum absolute atomic E-state index is 0.0678. The summed E-state index contributed by atoms with van der Waals surface area (Å²) in [5, 5.41) is 0. The highest BCUT2D eigenvalue weighted by atomic mass is 32.2. The summed E-state index contributed by atoms with van der Waals surface area (Å²) in [6.45, 7) is 4.20. The lowest BCUT2D eigenvalue weighted by Gasteiger charge is -2.24. The molecule has 0 aliphatic carbocycles. The molecular weight excluding hydrogens is 816 g/mol. The molecule has 2 atom stereocenters. The second-order valence-corrected chi connectivity index (χ2v) is 15.5. The zero-order chi connectivity index (χ0) is 41.9. The summed E-state index contributed by atoms with van der Waals surface area (Å²) in [5.74, 6) is -0.0790. The van der Waals surface area contributed by atoms with Crippen molar-refractivity contribution in [1.29, 1.82) is 0 Å². The summed E-state index contributed by atoms with van der Waals surface area (Å²) in [6.07, 6.45) is 4.25. The van der Waals surface area contributed by atoms with Crippen molar-refractivity contribution in [3.8, 4) is 51.2 Å². The maximum Gasteiger partial charge on any atom is 0.534 e. The average molecular weight is 854 g/mol. The molecule has 316 valence electrons. The fourth-order valence-corrected chi connectivity index (χ4v) is 7.55. The Balaban J connectivity index is 0.000000167. The minimum atomic E-state index is -5.78. The second-order valence-electron chi connectivity index (χ2n) is 14.0. The van der Waals surface area contributed by atoms with Crippen molar-refractivity contribution in [3.05, 3.63) is 105 Å². The van der Waals surface area contributed by atoms with Crippen LogP contribution in [0.1, 0.15) is 11.1 Å². The number of hydrogen-bond donors (Lipinski definition) is 0. The van der Waals surface area contributed by atoms with E-state index < -0.39 is 27.1 Å². The van der Waals surface area contributed by atoms with Gasteiger partial charge in [0.25, 0.3) is 0 Å². The van der Waals surface area contributed by atoms with E-state index in [1.807, 2.05) is 24.4 Å². The molecule has 0 amide bonds. The Kier molecular flexibility index (Phi) is 12.0. The van der Waals surface area contributed by atoms with Gasteiger partial charge in [0.05, 0.1) is 51.0 Å². The summed E-state index contributed by atoms with van der Waals surface area (Å²) < 4.78 is 101. The summed E-state index contributed by atoms with van der Waals surface area (Å²) >= 11 is 0. The molecule has 5 aromatic rings. The quantitative estimate of drug-likeness (QED) is 0.154. The molecule has 16 nitrogen and oxygen atoms in total. The summed E-state index contributed by atoms with van der Waals surface area (Å²) in [7, 11) is -5.78. The lowest BCUT2D eigenvalue weighted by molar-refractivity contribution is -0.102. The standard InChI is InChI=1S/C22H21N3O4.C18H17F3N2O7S/c26-22-24-21(29-14-18-13-27-8-9-28-18)11-20-19-4-3-15(17-2-1-6-23-12-17)10-16(19)5-7-25(20)22;19-18(20,21)31(25,26)30-12-1-2-14-11(7-12)3-4-23-15(14)8-16(22-17(23)24)29-10-13-9-27-5-6-28-13/h1-4,6,10-12,18H,5,7-9,13-14H2;1-2,7-8,13H,3-6,9-10H2. The maximum atomic E-state index is 12.6. The van der Waals surface area contributed by atoms with Gasteiger partial charge in [-0.2, -0.15) is 31.6 Å². The Morgan fingerprint density at radius 3 is 1.80 bits per heavy atom. The van der Waals surface area contributed by atoms with Crippen molar-refractivity contribution < 1.29 is 54.2 Å². The molecule has 7 heterocycles. The van der Waals surface area contributed by atoms with Gasteiger partial charge in [0, 0.05) is 48.7 Å². The van der Waals surface area contributed by atoms with Gasteiger partial charge in [0.1, 0.15) is 31.2 Å². The van der Waals surface area contributed by atoms with Gasteiger partial charge in [-0.05, 0) is 59.4 Å². The van der Waals surface area contributed by atoms with Gasteiger partial charge in [-0.1, -0.05) is 24.3 Å². The van der Waals surface area contributed by atoms with Gasteiger partial charge in [0.15, 0.2) is 0 Å². The smallest absolute Gasteiger partial charge is 0.475 e. The molecule has 2 aromatic carbocycles. The van der Waals surface area contributed by atoms with Crippen LogP contribution in [0.5, 0.6) is 17.5 Å². The molecule has 2 saturated heterocycles. The van der Waals surface area contributed by atoms with Gasteiger partial charge in [-0.15, -0.1) is 0 Å². The molecule has 9 rings (SSSR count). The predicted molar refractivity (Wildman–Crippen MR) is 206 cm³/mol. The van der Waals surface area contributed by atoms with E-state index in [9.17, 15) is 31.2 Å². The van der Waals surface area contributed by atoms with Crippen LogP contribution in [-0.2, 0) is 55.0 Å². The predicted octanol–water partition coefficient (Wildman–Crippen LogP) is 3.81. The first-order valence-electron chi connectivity index (χ1n) is 19.0. The van der Waals surface area contributed by atoms with E-state index in [1.165, 1.54) is 28.3 Å². The van der Waals surface area contributed by atoms with Crippen LogP contribution in [0.2, 0.25) is 0 Å². The first kappa shape index (κ1) is 41.1. The fourth-order valence-electron chi connectivity index (χ4n) is 7.10. The fraction of sp³-hybridized carbons (Fsp3) is 0.375. The van der Waals surface area contributed by atoms with E-state index in [0.29, 0.717) is 75.5 Å². The van der Waals surface area contributed by atoms with Crippen molar-refractivity contribution in [1.82, 2.24) is 24.1 Å². The number of aromatic nitrogens is 5. The van der Waals surface area contributed by atoms with Gasteiger partial charge in [-0.25, -0.2) is 9.59 Å². The van der Waals surface area contributed by atoms with Crippen LogP contribution in [0.3, 0.4) is 0 Å². The molecule has 0 saturated carbocycles. The van der Waals surface area contributed by atoms with Crippen molar-refractivity contribution in [3.63, 3.8) is 0 Å². The third kappa shape index (κ3) is 9.21. The van der Waals surface area contributed by atoms with Crippen molar-refractivity contribution >= 4 is 10.1 Å². The van der Waals surface area contributed by atoms with Gasteiger partial charge < -0.3 is 32.6 Å². The molecule has 4 aliphatic heterocycles. The monoisotopic (exact) mass is 853 g/mol. The summed E-state index contributed by atoms with van der Waals surface area (Å²) in [6, 6.07) is 17.3. The van der Waals surface area contributed by atoms with E-state index in [0.717, 1.165) is 34.9 Å². The maximum absolute atomic E-state index is 12.6. The van der Waals surface area contributed by atoms with Crippen LogP contribution in [0.15, 0.2) is 82.6 Å². The largest absolute Gasteiger partial charge is 0.534 e. The number of rotatable bonds is 9. The van der Waals surface area contributed by atoms with Crippen molar-refractivity contribution in [2.24, 2.45) is 0 Å². The lowest BCUT2D eigenvalue weighted by Crippen LogP contribution is -2.34. The zero-order valence-corrected chi connectivity index (χ0v) is 32.7. The van der Waals surface area contributed by atoms with E-state index in [4.69, 9.17) is 28.4 Å².